The van der Waals surface area contributed by atoms with Gasteiger partial charge in [0.15, 0.2) is 11.5 Å². The number of allylic oxidation sites excluding steroid dienone is 1. The minimum absolute atomic E-state index is 0.000792. The van der Waals surface area contributed by atoms with Crippen LogP contribution >= 0.6 is 0 Å². The summed E-state index contributed by atoms with van der Waals surface area (Å²) in [6.45, 7) is 8.47. The summed E-state index contributed by atoms with van der Waals surface area (Å²) in [7, 11) is 0. The second-order valence-electron chi connectivity index (χ2n) is 7.81. The number of rotatable bonds is 10. The molecule has 0 spiro atoms. The average molecular weight is 471 g/mol. The first-order chi connectivity index (χ1) is 16.9. The summed E-state index contributed by atoms with van der Waals surface area (Å²) >= 11 is 0. The van der Waals surface area contributed by atoms with Crippen LogP contribution in [-0.4, -0.2) is 12.5 Å². The number of carbonyl (C=O) groups is 1. The fourth-order valence-electron chi connectivity index (χ4n) is 3.41. The molecule has 0 aliphatic rings. The summed E-state index contributed by atoms with van der Waals surface area (Å²) in [4.78, 5) is 12.6. The largest absolute Gasteiger partial charge is 0.490 e. The second-order valence-corrected chi connectivity index (χ2v) is 7.81. The van der Waals surface area contributed by atoms with Crippen LogP contribution in [-0.2, 0) is 17.8 Å². The molecule has 0 saturated heterocycles. The maximum atomic E-state index is 13.9. The number of ether oxygens (including phenoxy) is 2. The molecule has 6 heteroatoms. The number of para-hydroxylation sites is 1. The topological polar surface area (TPSA) is 71.4 Å². The van der Waals surface area contributed by atoms with Gasteiger partial charge >= 0.3 is 0 Å². The van der Waals surface area contributed by atoms with Crippen LogP contribution in [0.1, 0.15) is 29.2 Å². The Morgan fingerprint density at radius 2 is 1.89 bits per heavy atom. The van der Waals surface area contributed by atoms with Gasteiger partial charge in [-0.05, 0) is 61.7 Å². The number of halogens is 1. The van der Waals surface area contributed by atoms with Gasteiger partial charge in [0.05, 0.1) is 12.3 Å². The van der Waals surface area contributed by atoms with E-state index in [0.29, 0.717) is 36.7 Å². The van der Waals surface area contributed by atoms with E-state index in [4.69, 9.17) is 9.47 Å². The van der Waals surface area contributed by atoms with Gasteiger partial charge in [-0.25, -0.2) is 4.39 Å². The molecule has 1 N–H and O–H groups in total. The van der Waals surface area contributed by atoms with Crippen molar-refractivity contribution in [2.24, 2.45) is 0 Å². The molecule has 0 aliphatic heterocycles. The zero-order valence-corrected chi connectivity index (χ0v) is 19.8. The first kappa shape index (κ1) is 25.3. The van der Waals surface area contributed by atoms with Gasteiger partial charge in [0, 0.05) is 5.56 Å². The lowest BCUT2D eigenvalue weighted by molar-refractivity contribution is -0.112. The lowest BCUT2D eigenvalue weighted by Gasteiger charge is -2.17. The summed E-state index contributed by atoms with van der Waals surface area (Å²) in [6.07, 6.45) is 3.68. The molecule has 0 unspecified atom stereocenters. The quantitative estimate of drug-likeness (QED) is 0.212. The first-order valence-corrected chi connectivity index (χ1v) is 11.2. The third-order valence-electron chi connectivity index (χ3n) is 5.12. The number of anilines is 1. The van der Waals surface area contributed by atoms with E-state index in [2.05, 4.69) is 11.9 Å². The Hall–Kier alpha value is -4.37. The van der Waals surface area contributed by atoms with Gasteiger partial charge in [0.2, 0.25) is 0 Å². The molecule has 0 saturated carbocycles. The predicted molar refractivity (Wildman–Crippen MR) is 136 cm³/mol. The molecule has 3 rings (SSSR count). The molecule has 3 aromatic rings. The number of carbonyl (C=O) groups excluding carboxylic acids is 1. The average Bonchev–Trinajstić information content (AvgIpc) is 2.85. The van der Waals surface area contributed by atoms with Gasteiger partial charge in [-0.1, -0.05) is 48.0 Å². The monoisotopic (exact) mass is 470 g/mol. The van der Waals surface area contributed by atoms with Gasteiger partial charge in [-0.2, -0.15) is 5.26 Å². The van der Waals surface area contributed by atoms with Crippen molar-refractivity contribution in [3.05, 3.63) is 107 Å². The maximum Gasteiger partial charge on any atom is 0.266 e. The van der Waals surface area contributed by atoms with Crippen LogP contribution in [0.2, 0.25) is 0 Å². The van der Waals surface area contributed by atoms with Crippen molar-refractivity contribution in [2.45, 2.75) is 26.9 Å². The lowest BCUT2D eigenvalue weighted by atomic mass is 10.0. The summed E-state index contributed by atoms with van der Waals surface area (Å²) in [5, 5.41) is 12.0. The van der Waals surface area contributed by atoms with Gasteiger partial charge < -0.3 is 14.8 Å². The summed E-state index contributed by atoms with van der Waals surface area (Å²) in [5.41, 5.74) is 3.39. The highest BCUT2D eigenvalue weighted by Crippen LogP contribution is 2.35. The molecule has 35 heavy (non-hydrogen) atoms. The summed E-state index contributed by atoms with van der Waals surface area (Å²) in [5.74, 6) is -0.212. The molecule has 5 nitrogen and oxygen atoms in total. The zero-order chi connectivity index (χ0) is 25.2. The van der Waals surface area contributed by atoms with E-state index < -0.39 is 11.7 Å². The van der Waals surface area contributed by atoms with Crippen LogP contribution in [0.15, 0.2) is 78.9 Å². The van der Waals surface area contributed by atoms with Crippen molar-refractivity contribution >= 4 is 17.7 Å². The van der Waals surface area contributed by atoms with Gasteiger partial charge in [-0.15, -0.1) is 6.58 Å². The van der Waals surface area contributed by atoms with E-state index >= 15 is 0 Å². The number of amides is 1. The zero-order valence-electron chi connectivity index (χ0n) is 19.8. The van der Waals surface area contributed by atoms with E-state index in [1.165, 1.54) is 29.8 Å². The summed E-state index contributed by atoms with van der Waals surface area (Å²) in [6, 6.07) is 19.3. The Morgan fingerprint density at radius 1 is 1.14 bits per heavy atom. The standard InChI is InChI=1S/C29H27FN2O3/c1-4-8-23-15-22(16-24(18-31)29(33)32-26-10-7-6-9-25(26)30)17-27(34-5-2)28(23)35-19-21-13-11-20(3)12-14-21/h4,6-7,9-17H,1,5,8,19H2,2-3H3,(H,32,33)/b24-16-. The molecule has 0 radical (unpaired) electrons. The van der Waals surface area contributed by atoms with Gasteiger partial charge in [0.25, 0.3) is 5.91 Å². The van der Waals surface area contributed by atoms with E-state index in [9.17, 15) is 14.4 Å². The Bertz CT molecular complexity index is 1270. The third-order valence-corrected chi connectivity index (χ3v) is 5.12. The van der Waals surface area contributed by atoms with Crippen molar-refractivity contribution in [3.63, 3.8) is 0 Å². The van der Waals surface area contributed by atoms with Gasteiger partial charge in [-0.3, -0.25) is 4.79 Å². The van der Waals surface area contributed by atoms with E-state index in [1.807, 2.05) is 50.2 Å². The van der Waals surface area contributed by atoms with Crippen molar-refractivity contribution in [2.75, 3.05) is 11.9 Å². The van der Waals surface area contributed by atoms with Crippen LogP contribution in [0.4, 0.5) is 10.1 Å². The van der Waals surface area contributed by atoms with Crippen molar-refractivity contribution in [1.82, 2.24) is 0 Å². The molecule has 3 aromatic carbocycles. The number of hydrogen-bond donors (Lipinski definition) is 1. The Balaban J connectivity index is 1.93. The van der Waals surface area contributed by atoms with E-state index in [1.54, 1.807) is 18.2 Å². The minimum atomic E-state index is -0.708. The number of nitriles is 1. The van der Waals surface area contributed by atoms with Crippen LogP contribution in [0.3, 0.4) is 0 Å². The van der Waals surface area contributed by atoms with Crippen molar-refractivity contribution in [1.29, 1.82) is 5.26 Å². The molecule has 0 aliphatic carbocycles. The third kappa shape index (κ3) is 6.81. The lowest BCUT2D eigenvalue weighted by Crippen LogP contribution is -2.14. The highest BCUT2D eigenvalue weighted by atomic mass is 19.1. The Kier molecular flexibility index (Phi) is 8.80. The van der Waals surface area contributed by atoms with Crippen LogP contribution in [0, 0.1) is 24.1 Å². The van der Waals surface area contributed by atoms with Crippen LogP contribution in [0.25, 0.3) is 6.08 Å². The van der Waals surface area contributed by atoms with E-state index in [-0.39, 0.29) is 11.3 Å². The second kappa shape index (κ2) is 12.2. The number of aryl methyl sites for hydroxylation is 1. The summed E-state index contributed by atoms with van der Waals surface area (Å²) < 4.78 is 25.9. The molecule has 0 atom stereocenters. The maximum absolute atomic E-state index is 13.9. The Morgan fingerprint density at radius 3 is 2.54 bits per heavy atom. The SMILES string of the molecule is C=CCc1cc(/C=C(/C#N)C(=O)Nc2ccccc2F)cc(OCC)c1OCc1ccc(C)cc1. The van der Waals surface area contributed by atoms with Crippen LogP contribution in [0.5, 0.6) is 11.5 Å². The van der Waals surface area contributed by atoms with Crippen molar-refractivity contribution in [3.8, 4) is 17.6 Å². The number of nitrogens with zero attached hydrogens (tertiary/aromatic N) is 1. The number of benzene rings is 3. The molecule has 178 valence electrons. The highest BCUT2D eigenvalue weighted by molar-refractivity contribution is 6.09. The fourth-order valence-corrected chi connectivity index (χ4v) is 3.41. The number of nitrogens with one attached hydrogen (secondary N) is 1. The van der Waals surface area contributed by atoms with Gasteiger partial charge in [0.1, 0.15) is 24.1 Å². The first-order valence-electron chi connectivity index (χ1n) is 11.2. The fraction of sp³-hybridized carbons (Fsp3) is 0.172. The molecule has 1 amide bonds. The highest BCUT2D eigenvalue weighted by Gasteiger charge is 2.16. The van der Waals surface area contributed by atoms with Crippen molar-refractivity contribution < 1.29 is 18.7 Å². The molecular weight excluding hydrogens is 443 g/mol. The molecule has 0 heterocycles. The Labute approximate surface area is 205 Å². The molecule has 0 fully saturated rings. The molecule has 0 bridgehead atoms. The molecular formula is C29H27FN2O3. The predicted octanol–water partition coefficient (Wildman–Crippen LogP) is 6.39. The molecule has 0 aromatic heterocycles. The smallest absolute Gasteiger partial charge is 0.266 e. The van der Waals surface area contributed by atoms with E-state index in [0.717, 1.165) is 11.1 Å². The van der Waals surface area contributed by atoms with Crippen LogP contribution < -0.4 is 14.8 Å². The number of hydrogen-bond acceptors (Lipinski definition) is 4. The normalized spacial score (nSPS) is 10.9. The minimum Gasteiger partial charge on any atom is -0.490 e.